The van der Waals surface area contributed by atoms with E-state index in [0.717, 1.165) is 26.0 Å². The van der Waals surface area contributed by atoms with E-state index in [1.165, 1.54) is 0 Å². The molecule has 15 heavy (non-hydrogen) atoms. The van der Waals surface area contributed by atoms with Crippen molar-refractivity contribution in [1.82, 2.24) is 9.55 Å². The van der Waals surface area contributed by atoms with Crippen molar-refractivity contribution in [2.75, 3.05) is 13.2 Å². The number of nitrogens with zero attached hydrogens (tertiary/aromatic N) is 2. The van der Waals surface area contributed by atoms with Crippen LogP contribution >= 0.6 is 0 Å². The summed E-state index contributed by atoms with van der Waals surface area (Å²) < 4.78 is 7.20. The summed E-state index contributed by atoms with van der Waals surface area (Å²) in [5, 5.41) is 0. The zero-order chi connectivity index (χ0) is 10.7. The molecule has 0 amide bonds. The Hall–Kier alpha value is -1.16. The second kappa shape index (κ2) is 4.57. The van der Waals surface area contributed by atoms with Crippen LogP contribution in [-0.4, -0.2) is 28.5 Å². The maximum Gasteiger partial charge on any atom is 0.203 e. The molecule has 4 nitrogen and oxygen atoms in total. The average molecular weight is 208 g/mol. The first-order chi connectivity index (χ1) is 7.33. The summed E-state index contributed by atoms with van der Waals surface area (Å²) in [4.78, 5) is 16.2. The molecule has 1 aliphatic rings. The number of ketones is 1. The topological polar surface area (TPSA) is 44.1 Å². The fourth-order valence-corrected chi connectivity index (χ4v) is 1.92. The highest BCUT2D eigenvalue weighted by Crippen LogP contribution is 2.18. The molecular weight excluding hydrogens is 192 g/mol. The summed E-state index contributed by atoms with van der Waals surface area (Å²) >= 11 is 0. The van der Waals surface area contributed by atoms with Crippen LogP contribution in [0.5, 0.6) is 0 Å². The van der Waals surface area contributed by atoms with Gasteiger partial charge in [-0.05, 0) is 19.8 Å². The van der Waals surface area contributed by atoms with Gasteiger partial charge in [-0.2, -0.15) is 0 Å². The van der Waals surface area contributed by atoms with Crippen LogP contribution in [0, 0.1) is 5.92 Å². The van der Waals surface area contributed by atoms with E-state index in [4.69, 9.17) is 4.74 Å². The maximum absolute atomic E-state index is 12.1. The molecule has 2 heterocycles. The SMILES string of the molecule is CCn1ccnc1C(=O)C1CCCOC1. The van der Waals surface area contributed by atoms with Crippen molar-refractivity contribution in [3.05, 3.63) is 18.2 Å². The molecule has 0 bridgehead atoms. The van der Waals surface area contributed by atoms with Crippen molar-refractivity contribution in [3.8, 4) is 0 Å². The lowest BCUT2D eigenvalue weighted by Gasteiger charge is -2.20. The molecule has 0 saturated carbocycles. The van der Waals surface area contributed by atoms with Gasteiger partial charge in [0.15, 0.2) is 5.82 Å². The first-order valence-electron chi connectivity index (χ1n) is 5.46. The van der Waals surface area contributed by atoms with Crippen molar-refractivity contribution >= 4 is 5.78 Å². The first kappa shape index (κ1) is 10.4. The predicted molar refractivity (Wildman–Crippen MR) is 55.8 cm³/mol. The van der Waals surface area contributed by atoms with Gasteiger partial charge in [0.2, 0.25) is 5.78 Å². The van der Waals surface area contributed by atoms with E-state index in [-0.39, 0.29) is 11.7 Å². The minimum absolute atomic E-state index is 0.00597. The lowest BCUT2D eigenvalue weighted by atomic mass is 9.97. The van der Waals surface area contributed by atoms with Gasteiger partial charge >= 0.3 is 0 Å². The summed E-state index contributed by atoms with van der Waals surface area (Å²) in [7, 11) is 0. The zero-order valence-corrected chi connectivity index (χ0v) is 8.98. The zero-order valence-electron chi connectivity index (χ0n) is 8.98. The van der Waals surface area contributed by atoms with E-state index in [2.05, 4.69) is 4.98 Å². The number of hydrogen-bond donors (Lipinski definition) is 0. The standard InChI is InChI=1S/C11H16N2O2/c1-2-13-6-5-12-11(13)10(14)9-4-3-7-15-8-9/h5-6,9H,2-4,7-8H2,1H3. The normalized spacial score (nSPS) is 21.5. The van der Waals surface area contributed by atoms with Gasteiger partial charge in [0.25, 0.3) is 0 Å². The molecule has 1 aromatic rings. The van der Waals surface area contributed by atoms with Crippen LogP contribution in [-0.2, 0) is 11.3 Å². The molecule has 1 aliphatic heterocycles. The molecular formula is C11H16N2O2. The Labute approximate surface area is 89.3 Å². The van der Waals surface area contributed by atoms with Gasteiger partial charge in [-0.25, -0.2) is 4.98 Å². The molecule has 0 aliphatic carbocycles. The van der Waals surface area contributed by atoms with Crippen molar-refractivity contribution in [1.29, 1.82) is 0 Å². The number of carbonyl (C=O) groups excluding carboxylic acids is 1. The van der Waals surface area contributed by atoms with Crippen LogP contribution in [0.3, 0.4) is 0 Å². The molecule has 0 N–H and O–H groups in total. The number of ether oxygens (including phenoxy) is 1. The van der Waals surface area contributed by atoms with Crippen LogP contribution in [0.25, 0.3) is 0 Å². The summed E-state index contributed by atoms with van der Waals surface area (Å²) in [5.41, 5.74) is 0. The second-order valence-electron chi connectivity index (χ2n) is 3.82. The molecule has 0 aromatic carbocycles. The van der Waals surface area contributed by atoms with E-state index >= 15 is 0 Å². The van der Waals surface area contributed by atoms with Gasteiger partial charge in [-0.3, -0.25) is 4.79 Å². The summed E-state index contributed by atoms with van der Waals surface area (Å²) in [6, 6.07) is 0. The third kappa shape index (κ3) is 2.09. The summed E-state index contributed by atoms with van der Waals surface area (Å²) in [5.74, 6) is 0.709. The molecule has 0 spiro atoms. The molecule has 2 rings (SSSR count). The third-order valence-electron chi connectivity index (χ3n) is 2.81. The van der Waals surface area contributed by atoms with E-state index in [9.17, 15) is 4.79 Å². The van der Waals surface area contributed by atoms with Crippen LogP contribution in [0.4, 0.5) is 0 Å². The smallest absolute Gasteiger partial charge is 0.203 e. The monoisotopic (exact) mass is 208 g/mol. The Balaban J connectivity index is 2.12. The van der Waals surface area contributed by atoms with Gasteiger partial charge in [0.1, 0.15) is 0 Å². The van der Waals surface area contributed by atoms with Gasteiger partial charge in [-0.1, -0.05) is 0 Å². The lowest BCUT2D eigenvalue weighted by Crippen LogP contribution is -2.27. The minimum atomic E-state index is 0.00597. The van der Waals surface area contributed by atoms with E-state index in [0.29, 0.717) is 12.4 Å². The molecule has 1 unspecified atom stereocenters. The highest BCUT2D eigenvalue weighted by Gasteiger charge is 2.25. The predicted octanol–water partition coefficient (Wildman–Crippen LogP) is 1.51. The molecule has 4 heteroatoms. The van der Waals surface area contributed by atoms with Crippen molar-refractivity contribution in [3.63, 3.8) is 0 Å². The maximum atomic E-state index is 12.1. The van der Waals surface area contributed by atoms with Crippen LogP contribution < -0.4 is 0 Å². The first-order valence-corrected chi connectivity index (χ1v) is 5.46. The minimum Gasteiger partial charge on any atom is -0.381 e. The van der Waals surface area contributed by atoms with Crippen molar-refractivity contribution < 1.29 is 9.53 Å². The van der Waals surface area contributed by atoms with Gasteiger partial charge in [-0.15, -0.1) is 0 Å². The Morgan fingerprint density at radius 1 is 1.73 bits per heavy atom. The van der Waals surface area contributed by atoms with E-state index in [1.54, 1.807) is 6.20 Å². The number of carbonyl (C=O) groups is 1. The fraction of sp³-hybridized carbons (Fsp3) is 0.636. The fourth-order valence-electron chi connectivity index (χ4n) is 1.92. The molecule has 1 fully saturated rings. The lowest BCUT2D eigenvalue weighted by molar-refractivity contribution is 0.0452. The van der Waals surface area contributed by atoms with Crippen molar-refractivity contribution in [2.45, 2.75) is 26.3 Å². The Kier molecular flexibility index (Phi) is 3.16. The Bertz CT molecular complexity index is 340. The highest BCUT2D eigenvalue weighted by atomic mass is 16.5. The summed E-state index contributed by atoms with van der Waals surface area (Å²) in [6.07, 6.45) is 5.43. The highest BCUT2D eigenvalue weighted by molar-refractivity contribution is 5.94. The third-order valence-corrected chi connectivity index (χ3v) is 2.81. The van der Waals surface area contributed by atoms with E-state index < -0.39 is 0 Å². The summed E-state index contributed by atoms with van der Waals surface area (Å²) in [6.45, 7) is 4.13. The van der Waals surface area contributed by atoms with Gasteiger partial charge < -0.3 is 9.30 Å². The van der Waals surface area contributed by atoms with Crippen LogP contribution in [0.2, 0.25) is 0 Å². The molecule has 1 saturated heterocycles. The van der Waals surface area contributed by atoms with Gasteiger partial charge in [0, 0.05) is 31.5 Å². The quantitative estimate of drug-likeness (QED) is 0.707. The van der Waals surface area contributed by atoms with Crippen LogP contribution in [0.15, 0.2) is 12.4 Å². The molecule has 1 aromatic heterocycles. The molecule has 0 radical (unpaired) electrons. The number of aromatic nitrogens is 2. The number of hydrogen-bond acceptors (Lipinski definition) is 3. The largest absolute Gasteiger partial charge is 0.381 e. The Morgan fingerprint density at radius 3 is 3.27 bits per heavy atom. The number of imidazole rings is 1. The average Bonchev–Trinajstić information content (AvgIpc) is 2.77. The van der Waals surface area contributed by atoms with Crippen LogP contribution in [0.1, 0.15) is 30.4 Å². The number of Topliss-reactive ketones (excluding diaryl/α,β-unsaturated/α-hetero) is 1. The Morgan fingerprint density at radius 2 is 2.60 bits per heavy atom. The van der Waals surface area contributed by atoms with E-state index in [1.807, 2.05) is 17.7 Å². The van der Waals surface area contributed by atoms with Gasteiger partial charge in [0.05, 0.1) is 6.61 Å². The molecule has 82 valence electrons. The number of aryl methyl sites for hydroxylation is 1. The molecule has 1 atom stereocenters. The van der Waals surface area contributed by atoms with Crippen molar-refractivity contribution in [2.24, 2.45) is 5.92 Å². The second-order valence-corrected chi connectivity index (χ2v) is 3.82. The number of rotatable bonds is 3.